The molecule has 1 N–H and O–H groups in total. The van der Waals surface area contributed by atoms with Gasteiger partial charge in [-0.25, -0.2) is 18.4 Å². The molecule has 20 heavy (non-hydrogen) atoms. The standard InChI is InChI=1S/C13H13F2NO4/c14-13(15)6-7-16(10(13)11(17)18)12(19)20-8-9-4-2-1-3-5-9/h1-5,10H,6-8H2,(H,17,18)/t10-/m0/s1. The molecule has 0 radical (unpaired) electrons. The number of hydrogen-bond acceptors (Lipinski definition) is 3. The first-order valence-corrected chi connectivity index (χ1v) is 6.00. The molecule has 0 saturated carbocycles. The van der Waals surface area contributed by atoms with E-state index in [4.69, 9.17) is 9.84 Å². The summed E-state index contributed by atoms with van der Waals surface area (Å²) in [7, 11) is 0. The van der Waals surface area contributed by atoms with E-state index in [-0.39, 0.29) is 13.2 Å². The number of benzene rings is 1. The van der Waals surface area contributed by atoms with Gasteiger partial charge >= 0.3 is 12.1 Å². The first-order valence-electron chi connectivity index (χ1n) is 6.00. The summed E-state index contributed by atoms with van der Waals surface area (Å²) in [6.45, 7) is -0.425. The zero-order valence-corrected chi connectivity index (χ0v) is 10.5. The number of carbonyl (C=O) groups excluding carboxylic acids is 1. The van der Waals surface area contributed by atoms with Crippen LogP contribution in [0.25, 0.3) is 0 Å². The molecule has 0 aromatic heterocycles. The van der Waals surface area contributed by atoms with Crippen molar-refractivity contribution in [3.63, 3.8) is 0 Å². The van der Waals surface area contributed by atoms with Gasteiger partial charge in [-0.05, 0) is 5.56 Å². The normalized spacial score (nSPS) is 20.7. The zero-order chi connectivity index (χ0) is 14.8. The summed E-state index contributed by atoms with van der Waals surface area (Å²) in [6.07, 6.45) is -1.72. The summed E-state index contributed by atoms with van der Waals surface area (Å²) in [4.78, 5) is 23.2. The Morgan fingerprint density at radius 3 is 2.60 bits per heavy atom. The first kappa shape index (κ1) is 14.2. The number of aliphatic carboxylic acids is 1. The molecule has 1 aliphatic rings. The van der Waals surface area contributed by atoms with Gasteiger partial charge in [0.15, 0.2) is 6.04 Å². The highest BCUT2D eigenvalue weighted by Gasteiger charge is 2.55. The SMILES string of the molecule is O=C(O)[C@@H]1N(C(=O)OCc2ccccc2)CCC1(F)F. The Morgan fingerprint density at radius 1 is 1.35 bits per heavy atom. The summed E-state index contributed by atoms with van der Waals surface area (Å²) in [6, 6.07) is 6.53. The Morgan fingerprint density at radius 2 is 2.00 bits per heavy atom. The molecule has 1 amide bonds. The smallest absolute Gasteiger partial charge is 0.411 e. The number of ether oxygens (including phenoxy) is 1. The lowest BCUT2D eigenvalue weighted by Gasteiger charge is -2.23. The molecule has 0 bridgehead atoms. The van der Waals surface area contributed by atoms with Crippen molar-refractivity contribution in [3.8, 4) is 0 Å². The van der Waals surface area contributed by atoms with E-state index in [9.17, 15) is 18.4 Å². The van der Waals surface area contributed by atoms with Gasteiger partial charge < -0.3 is 9.84 Å². The first-order chi connectivity index (χ1) is 9.42. The summed E-state index contributed by atoms with van der Waals surface area (Å²) in [5.41, 5.74) is 0.693. The highest BCUT2D eigenvalue weighted by Crippen LogP contribution is 2.34. The Labute approximate surface area is 113 Å². The Bertz CT molecular complexity index is 506. The van der Waals surface area contributed by atoms with Crippen molar-refractivity contribution in [1.82, 2.24) is 4.90 Å². The van der Waals surface area contributed by atoms with Gasteiger partial charge in [-0.2, -0.15) is 0 Å². The largest absolute Gasteiger partial charge is 0.480 e. The molecule has 1 fully saturated rings. The maximum absolute atomic E-state index is 13.4. The van der Waals surface area contributed by atoms with Crippen LogP contribution in [0.1, 0.15) is 12.0 Å². The number of rotatable bonds is 3. The predicted octanol–water partition coefficient (Wildman–Crippen LogP) is 2.12. The van der Waals surface area contributed by atoms with Gasteiger partial charge in [0, 0.05) is 13.0 Å². The number of halogens is 2. The fraction of sp³-hybridized carbons (Fsp3) is 0.385. The van der Waals surface area contributed by atoms with E-state index in [1.165, 1.54) is 0 Å². The zero-order valence-electron chi connectivity index (χ0n) is 10.5. The molecule has 1 saturated heterocycles. The average Bonchev–Trinajstić information content (AvgIpc) is 2.73. The Balaban J connectivity index is 2.00. The topological polar surface area (TPSA) is 66.8 Å². The number of amides is 1. The quantitative estimate of drug-likeness (QED) is 0.923. The lowest BCUT2D eigenvalue weighted by molar-refractivity contribution is -0.151. The molecule has 0 unspecified atom stereocenters. The third kappa shape index (κ3) is 2.87. The molecular formula is C13H13F2NO4. The number of carboxylic acids is 1. The number of hydrogen-bond donors (Lipinski definition) is 1. The van der Waals surface area contributed by atoms with Crippen molar-refractivity contribution >= 4 is 12.1 Å². The second-order valence-electron chi connectivity index (χ2n) is 4.49. The van der Waals surface area contributed by atoms with Crippen LogP contribution in [0.3, 0.4) is 0 Å². The lowest BCUT2D eigenvalue weighted by Crippen LogP contribution is -2.48. The van der Waals surface area contributed by atoms with Crippen LogP contribution in [0.2, 0.25) is 0 Å². The van der Waals surface area contributed by atoms with Crippen molar-refractivity contribution in [3.05, 3.63) is 35.9 Å². The third-order valence-corrected chi connectivity index (χ3v) is 3.07. The van der Waals surface area contributed by atoms with E-state index < -0.39 is 30.4 Å². The molecule has 1 aliphatic heterocycles. The number of likely N-dealkylation sites (tertiary alicyclic amines) is 1. The van der Waals surface area contributed by atoms with E-state index in [1.54, 1.807) is 30.3 Å². The van der Waals surface area contributed by atoms with Gasteiger partial charge in [-0.1, -0.05) is 30.3 Å². The molecule has 5 nitrogen and oxygen atoms in total. The van der Waals surface area contributed by atoms with Crippen molar-refractivity contribution in [1.29, 1.82) is 0 Å². The van der Waals surface area contributed by atoms with Crippen molar-refractivity contribution < 1.29 is 28.2 Å². The minimum absolute atomic E-state index is 0.0892. The average molecular weight is 285 g/mol. The van der Waals surface area contributed by atoms with Gasteiger partial charge in [-0.15, -0.1) is 0 Å². The molecule has 1 heterocycles. The van der Waals surface area contributed by atoms with E-state index in [2.05, 4.69) is 0 Å². The van der Waals surface area contributed by atoms with E-state index in [0.717, 1.165) is 0 Å². The van der Waals surface area contributed by atoms with Crippen molar-refractivity contribution in [2.24, 2.45) is 0 Å². The summed E-state index contributed by atoms with van der Waals surface area (Å²) in [5, 5.41) is 8.82. The van der Waals surface area contributed by atoms with Crippen molar-refractivity contribution in [2.45, 2.75) is 25.0 Å². The fourth-order valence-corrected chi connectivity index (χ4v) is 2.08. The molecule has 7 heteroatoms. The minimum Gasteiger partial charge on any atom is -0.480 e. The van der Waals surface area contributed by atoms with Gasteiger partial charge in [0.05, 0.1) is 0 Å². The van der Waals surface area contributed by atoms with E-state index >= 15 is 0 Å². The van der Waals surface area contributed by atoms with Crippen LogP contribution in [0.4, 0.5) is 13.6 Å². The number of alkyl halides is 2. The molecular weight excluding hydrogens is 272 g/mol. The minimum atomic E-state index is -3.43. The molecule has 0 spiro atoms. The van der Waals surface area contributed by atoms with Crippen LogP contribution in [0, 0.1) is 0 Å². The third-order valence-electron chi connectivity index (χ3n) is 3.07. The van der Waals surface area contributed by atoms with Crippen LogP contribution >= 0.6 is 0 Å². The molecule has 1 aromatic rings. The van der Waals surface area contributed by atoms with Crippen LogP contribution < -0.4 is 0 Å². The Hall–Kier alpha value is -2.18. The number of carboxylic acid groups (broad SMARTS) is 1. The molecule has 2 rings (SSSR count). The highest BCUT2D eigenvalue weighted by atomic mass is 19.3. The second kappa shape index (κ2) is 5.44. The Kier molecular flexibility index (Phi) is 3.87. The molecule has 0 aliphatic carbocycles. The van der Waals surface area contributed by atoms with Crippen LogP contribution in [-0.2, 0) is 16.1 Å². The van der Waals surface area contributed by atoms with Gasteiger partial charge in [0.2, 0.25) is 0 Å². The number of carbonyl (C=O) groups is 2. The predicted molar refractivity (Wildman–Crippen MR) is 64.3 cm³/mol. The number of nitrogens with zero attached hydrogens (tertiary/aromatic N) is 1. The maximum Gasteiger partial charge on any atom is 0.411 e. The molecule has 1 atom stereocenters. The monoisotopic (exact) mass is 285 g/mol. The van der Waals surface area contributed by atoms with E-state index in [0.29, 0.717) is 10.5 Å². The highest BCUT2D eigenvalue weighted by molar-refractivity contribution is 5.82. The van der Waals surface area contributed by atoms with Crippen molar-refractivity contribution in [2.75, 3.05) is 6.54 Å². The fourth-order valence-electron chi connectivity index (χ4n) is 2.08. The van der Waals surface area contributed by atoms with Crippen LogP contribution in [0.15, 0.2) is 30.3 Å². The second-order valence-corrected chi connectivity index (χ2v) is 4.49. The van der Waals surface area contributed by atoms with Gasteiger partial charge in [0.1, 0.15) is 6.61 Å². The summed E-state index contributed by atoms with van der Waals surface area (Å²) < 4.78 is 31.7. The van der Waals surface area contributed by atoms with Gasteiger partial charge in [0.25, 0.3) is 5.92 Å². The molecule has 108 valence electrons. The van der Waals surface area contributed by atoms with Crippen LogP contribution in [-0.4, -0.2) is 40.6 Å². The van der Waals surface area contributed by atoms with E-state index in [1.807, 2.05) is 0 Å². The summed E-state index contributed by atoms with van der Waals surface area (Å²) in [5.74, 6) is -5.17. The lowest BCUT2D eigenvalue weighted by atomic mass is 10.1. The maximum atomic E-state index is 13.4. The summed E-state index contributed by atoms with van der Waals surface area (Å²) >= 11 is 0. The van der Waals surface area contributed by atoms with Gasteiger partial charge in [-0.3, -0.25) is 4.90 Å². The van der Waals surface area contributed by atoms with Crippen LogP contribution in [0.5, 0.6) is 0 Å². The molecule has 1 aromatic carbocycles.